The number of rotatable bonds is 11. The van der Waals surface area contributed by atoms with E-state index in [0.29, 0.717) is 0 Å². The van der Waals surface area contributed by atoms with Crippen LogP contribution in [0.15, 0.2) is 66.5 Å². The lowest BCUT2D eigenvalue weighted by Gasteiger charge is -2.41. The fraction of sp³-hybridized carbons (Fsp3) is 0.143. The highest BCUT2D eigenvalue weighted by atomic mass is 32.1. The number of hydrogen-bond acceptors (Lipinski definition) is 11. The van der Waals surface area contributed by atoms with Gasteiger partial charge in [-0.2, -0.15) is 0 Å². The van der Waals surface area contributed by atoms with Crippen LogP contribution in [0.4, 0.5) is 5.82 Å². The van der Waals surface area contributed by atoms with Gasteiger partial charge in [-0.3, -0.25) is 0 Å². The van der Waals surface area contributed by atoms with Crippen molar-refractivity contribution in [2.75, 3.05) is 12.0 Å². The zero-order chi connectivity index (χ0) is 23.4. The van der Waals surface area contributed by atoms with Gasteiger partial charge < -0.3 is 4.74 Å². The lowest BCUT2D eigenvalue weighted by atomic mass is 10.2. The molecule has 0 spiro atoms. The Morgan fingerprint density at radius 1 is 0.875 bits per heavy atom. The summed E-state index contributed by atoms with van der Waals surface area (Å²) in [7, 11) is 1.63. The highest BCUT2D eigenvalue weighted by molar-refractivity contribution is 7.21. The highest BCUT2D eigenvalue weighted by Gasteiger charge is 2.48. The van der Waals surface area contributed by atoms with Crippen molar-refractivity contribution in [2.45, 2.75) is 11.8 Å². The molecule has 10 nitrogen and oxygen atoms in total. The van der Waals surface area contributed by atoms with E-state index >= 15 is 0 Å². The standard InChI is InChI=1S/C21H21N9OS/c1-22-20(23-2,24-3)30(21(25-4,26-5)27-6)18-11-8-14(13-28-18)19-29-16-10-9-15(31-7)12-17(16)32-19/h8-13H,1-6H2,7H3. The lowest BCUT2D eigenvalue weighted by molar-refractivity contribution is 0.319. The Balaban J connectivity index is 2.12. The fourth-order valence-corrected chi connectivity index (χ4v) is 4.02. The highest BCUT2D eigenvalue weighted by Crippen LogP contribution is 2.37. The average molecular weight is 448 g/mol. The van der Waals surface area contributed by atoms with Gasteiger partial charge >= 0.3 is 11.8 Å². The monoisotopic (exact) mass is 447 g/mol. The predicted molar refractivity (Wildman–Crippen MR) is 135 cm³/mol. The number of pyridine rings is 1. The van der Waals surface area contributed by atoms with Crippen LogP contribution in [-0.4, -0.2) is 69.2 Å². The number of fused-ring (bicyclic) bond motifs is 1. The maximum Gasteiger partial charge on any atom is 0.335 e. The smallest absolute Gasteiger partial charge is 0.335 e. The molecule has 0 aliphatic heterocycles. The zero-order valence-corrected chi connectivity index (χ0v) is 18.4. The molecule has 0 amide bonds. The van der Waals surface area contributed by atoms with E-state index in [0.717, 1.165) is 26.5 Å². The minimum atomic E-state index is -1.75. The Kier molecular flexibility index (Phi) is 6.30. The zero-order valence-electron chi connectivity index (χ0n) is 17.5. The molecule has 3 aromatic rings. The molecule has 0 saturated heterocycles. The number of aromatic nitrogens is 2. The largest absolute Gasteiger partial charge is 0.497 e. The Bertz CT molecular complexity index is 1130. The molecule has 0 aliphatic carbocycles. The number of methoxy groups -OCH3 is 1. The molecule has 0 atom stereocenters. The summed E-state index contributed by atoms with van der Waals surface area (Å²) in [5.74, 6) is -2.44. The van der Waals surface area contributed by atoms with Crippen LogP contribution in [0.5, 0.6) is 5.75 Å². The molecule has 0 N–H and O–H groups in total. The summed E-state index contributed by atoms with van der Waals surface area (Å²) >= 11 is 1.52. The number of anilines is 1. The van der Waals surface area contributed by atoms with Crippen LogP contribution < -0.4 is 9.64 Å². The third-order valence-corrected chi connectivity index (χ3v) is 5.76. The second kappa shape index (κ2) is 8.94. The van der Waals surface area contributed by atoms with E-state index in [4.69, 9.17) is 4.74 Å². The summed E-state index contributed by atoms with van der Waals surface area (Å²) in [6.07, 6.45) is 1.64. The van der Waals surface area contributed by atoms with Crippen molar-refractivity contribution < 1.29 is 4.74 Å². The summed E-state index contributed by atoms with van der Waals surface area (Å²) in [6.45, 7) is 21.3. The van der Waals surface area contributed by atoms with Crippen molar-refractivity contribution >= 4 is 67.7 Å². The van der Waals surface area contributed by atoms with E-state index in [9.17, 15) is 0 Å². The van der Waals surface area contributed by atoms with E-state index in [1.807, 2.05) is 24.3 Å². The van der Waals surface area contributed by atoms with E-state index in [1.54, 1.807) is 19.4 Å². The van der Waals surface area contributed by atoms with Crippen molar-refractivity contribution in [3.8, 4) is 16.3 Å². The van der Waals surface area contributed by atoms with Gasteiger partial charge in [0.15, 0.2) is 0 Å². The first-order valence-corrected chi connectivity index (χ1v) is 9.86. The average Bonchev–Trinajstić information content (AvgIpc) is 3.28. The lowest BCUT2D eigenvalue weighted by Crippen LogP contribution is -2.56. The van der Waals surface area contributed by atoms with E-state index in [1.165, 1.54) is 16.2 Å². The number of thiazole rings is 1. The van der Waals surface area contributed by atoms with Crippen molar-refractivity contribution in [2.24, 2.45) is 30.0 Å². The summed E-state index contributed by atoms with van der Waals surface area (Å²) in [6, 6.07) is 9.22. The van der Waals surface area contributed by atoms with Crippen LogP contribution in [0.2, 0.25) is 0 Å². The second-order valence-corrected chi connectivity index (χ2v) is 7.27. The maximum atomic E-state index is 5.28. The van der Waals surface area contributed by atoms with E-state index in [2.05, 4.69) is 80.2 Å². The Morgan fingerprint density at radius 3 is 1.94 bits per heavy atom. The maximum absolute atomic E-state index is 5.28. The Hall–Kier alpha value is -4.12. The molecule has 2 heterocycles. The SMILES string of the molecule is C=NC(N=C)(N=C)N(c1ccc(-c2nc3ccc(OC)cc3s2)cn1)C(N=C)(N=C)N=C. The first-order valence-electron chi connectivity index (χ1n) is 9.05. The predicted octanol–water partition coefficient (Wildman–Crippen LogP) is 3.60. The van der Waals surface area contributed by atoms with Crippen LogP contribution in [0, 0.1) is 0 Å². The molecule has 3 rings (SSSR count). The van der Waals surface area contributed by atoms with Crippen LogP contribution in [0.1, 0.15) is 0 Å². The Morgan fingerprint density at radius 2 is 1.47 bits per heavy atom. The van der Waals surface area contributed by atoms with Crippen molar-refractivity contribution in [1.82, 2.24) is 9.97 Å². The van der Waals surface area contributed by atoms with Crippen LogP contribution >= 0.6 is 11.3 Å². The molecule has 0 fully saturated rings. The minimum Gasteiger partial charge on any atom is -0.497 e. The van der Waals surface area contributed by atoms with Gasteiger partial charge in [0.25, 0.3) is 0 Å². The van der Waals surface area contributed by atoms with Crippen molar-refractivity contribution in [3.63, 3.8) is 0 Å². The molecule has 0 bridgehead atoms. The molecule has 2 aromatic heterocycles. The van der Waals surface area contributed by atoms with Gasteiger partial charge in [0.2, 0.25) is 0 Å². The van der Waals surface area contributed by atoms with Crippen LogP contribution in [-0.2, 0) is 0 Å². The molecule has 0 aliphatic rings. The molecule has 32 heavy (non-hydrogen) atoms. The van der Waals surface area contributed by atoms with Gasteiger partial charge in [-0.15, -0.1) is 11.3 Å². The Labute approximate surface area is 189 Å². The third-order valence-electron chi connectivity index (χ3n) is 4.69. The summed E-state index contributed by atoms with van der Waals surface area (Å²) in [4.78, 5) is 34.3. The molecular formula is C21H21N9OS. The van der Waals surface area contributed by atoms with Gasteiger partial charge in [-0.25, -0.2) is 44.8 Å². The molecule has 0 saturated carbocycles. The molecule has 1 aromatic carbocycles. The van der Waals surface area contributed by atoms with Crippen LogP contribution in [0.25, 0.3) is 20.8 Å². The van der Waals surface area contributed by atoms with Gasteiger partial charge in [0.05, 0.1) is 17.3 Å². The number of ether oxygens (including phenoxy) is 1. The molecule has 0 unspecified atom stereocenters. The van der Waals surface area contributed by atoms with E-state index < -0.39 is 11.8 Å². The van der Waals surface area contributed by atoms with Crippen molar-refractivity contribution in [1.29, 1.82) is 0 Å². The number of aliphatic imine (C=N–C) groups is 6. The molecular weight excluding hydrogens is 426 g/mol. The van der Waals surface area contributed by atoms with Crippen LogP contribution in [0.3, 0.4) is 0 Å². The molecule has 162 valence electrons. The topological polar surface area (TPSA) is 112 Å². The fourth-order valence-electron chi connectivity index (χ4n) is 3.03. The van der Waals surface area contributed by atoms with Gasteiger partial charge in [-0.05, 0) is 70.6 Å². The van der Waals surface area contributed by atoms with E-state index in [-0.39, 0.29) is 5.82 Å². The summed E-state index contributed by atoms with van der Waals surface area (Å²) in [5, 5.41) is 0.785. The quantitative estimate of drug-likeness (QED) is 0.418. The summed E-state index contributed by atoms with van der Waals surface area (Å²) < 4.78 is 6.28. The van der Waals surface area contributed by atoms with Gasteiger partial charge in [-0.1, -0.05) is 0 Å². The molecule has 0 radical (unpaired) electrons. The number of hydrogen-bond donors (Lipinski definition) is 0. The van der Waals surface area contributed by atoms with Crippen molar-refractivity contribution in [3.05, 3.63) is 36.5 Å². The molecule has 11 heteroatoms. The first kappa shape index (κ1) is 22.6. The minimum absolute atomic E-state index is 0.288. The van der Waals surface area contributed by atoms with Gasteiger partial charge in [0, 0.05) is 11.8 Å². The summed E-state index contributed by atoms with van der Waals surface area (Å²) in [5.41, 5.74) is 1.65. The first-order chi connectivity index (χ1) is 15.5. The number of nitrogens with zero attached hydrogens (tertiary/aromatic N) is 9. The van der Waals surface area contributed by atoms with Gasteiger partial charge in [0.1, 0.15) is 16.6 Å². The third kappa shape index (κ3) is 3.58. The second-order valence-electron chi connectivity index (χ2n) is 6.24. The normalized spacial score (nSPS) is 11.4. The number of benzene rings is 1.